The van der Waals surface area contributed by atoms with Gasteiger partial charge in [0, 0.05) is 17.0 Å². The van der Waals surface area contributed by atoms with E-state index in [1.165, 1.54) is 3.97 Å². The van der Waals surface area contributed by atoms with Crippen molar-refractivity contribution < 1.29 is 8.42 Å². The smallest absolute Gasteiger partial charge is 0.219 e. The van der Waals surface area contributed by atoms with Crippen molar-refractivity contribution in [1.29, 1.82) is 0 Å². The van der Waals surface area contributed by atoms with Crippen molar-refractivity contribution >= 4 is 21.1 Å². The van der Waals surface area contributed by atoms with E-state index in [-0.39, 0.29) is 10.8 Å². The fourth-order valence-electron chi connectivity index (χ4n) is 3.26. The van der Waals surface area contributed by atoms with Crippen LogP contribution in [-0.4, -0.2) is 22.6 Å². The third-order valence-electron chi connectivity index (χ3n) is 4.79. The zero-order valence-corrected chi connectivity index (χ0v) is 15.5. The minimum Gasteiger partial charge on any atom is -0.219 e. The summed E-state index contributed by atoms with van der Waals surface area (Å²) in [4.78, 5) is 0.278. The van der Waals surface area contributed by atoms with Crippen LogP contribution in [0.4, 0.5) is 0 Å². The predicted molar refractivity (Wildman–Crippen MR) is 101 cm³/mol. The third kappa shape index (κ3) is 3.14. The molecule has 1 fully saturated rings. The number of benzene rings is 1. The number of aryl methyl sites for hydroxylation is 1. The molecule has 6 heteroatoms. The van der Waals surface area contributed by atoms with Crippen LogP contribution in [0.2, 0.25) is 0 Å². The Bertz CT molecular complexity index is 1020. The van der Waals surface area contributed by atoms with E-state index in [1.807, 2.05) is 18.2 Å². The summed E-state index contributed by atoms with van der Waals surface area (Å²) in [5.41, 5.74) is 2.16. The Labute approximate surface area is 154 Å². The molecule has 5 nitrogen and oxygen atoms in total. The average molecular weight is 368 g/mol. The molecule has 0 aliphatic heterocycles. The lowest BCUT2D eigenvalue weighted by atomic mass is 10.1. The molecule has 1 saturated carbocycles. The second kappa shape index (κ2) is 6.83. The molecule has 1 aliphatic rings. The van der Waals surface area contributed by atoms with Gasteiger partial charge in [-0.3, -0.25) is 0 Å². The zero-order chi connectivity index (χ0) is 18.1. The summed E-state index contributed by atoms with van der Waals surface area (Å²) < 4.78 is 27.9. The van der Waals surface area contributed by atoms with E-state index in [0.717, 1.165) is 55.3 Å². The Balaban J connectivity index is 1.82. The maximum Gasteiger partial charge on any atom is 0.269 e. The summed E-state index contributed by atoms with van der Waals surface area (Å²) in [6, 6.07) is 12.5. The van der Waals surface area contributed by atoms with Crippen LogP contribution in [-0.2, 0) is 16.4 Å². The first kappa shape index (κ1) is 17.2. The molecule has 2 heterocycles. The highest BCUT2D eigenvalue weighted by atomic mass is 32.2. The van der Waals surface area contributed by atoms with Crippen molar-refractivity contribution in [2.24, 2.45) is 0 Å². The molecule has 4 rings (SSSR count). The Morgan fingerprint density at radius 2 is 1.85 bits per heavy atom. The normalized spacial score (nSPS) is 14.8. The van der Waals surface area contributed by atoms with Gasteiger partial charge in [-0.2, -0.15) is 5.10 Å². The van der Waals surface area contributed by atoms with Crippen LogP contribution >= 0.6 is 0 Å². The number of rotatable bonds is 7. The molecule has 0 N–H and O–H groups in total. The lowest BCUT2D eigenvalue weighted by Crippen LogP contribution is -2.16. The van der Waals surface area contributed by atoms with Crippen LogP contribution in [0, 0.1) is 6.92 Å². The quantitative estimate of drug-likeness (QED) is 0.589. The van der Waals surface area contributed by atoms with Crippen molar-refractivity contribution in [2.45, 2.75) is 49.3 Å². The molecule has 0 saturated heterocycles. The van der Waals surface area contributed by atoms with E-state index >= 15 is 0 Å². The van der Waals surface area contributed by atoms with E-state index in [2.05, 4.69) is 17.1 Å². The van der Waals surface area contributed by atoms with Gasteiger partial charge in [-0.25, -0.2) is 12.4 Å². The summed E-state index contributed by atoms with van der Waals surface area (Å²) in [5, 5.41) is 9.44. The Hall–Kier alpha value is -2.21. The molecule has 0 atom stereocenters. The molecule has 0 amide bonds. The highest BCUT2D eigenvalue weighted by Gasteiger charge is 2.33. The summed E-state index contributed by atoms with van der Waals surface area (Å²) in [6.07, 6.45) is 5.86. The van der Waals surface area contributed by atoms with E-state index in [4.69, 9.17) is 0 Å². The summed E-state index contributed by atoms with van der Waals surface area (Å²) >= 11 is 0. The van der Waals surface area contributed by atoms with Crippen molar-refractivity contribution in [3.05, 3.63) is 60.8 Å². The van der Waals surface area contributed by atoms with Crippen LogP contribution < -0.4 is 0 Å². The Kier molecular flexibility index (Phi) is 4.53. The highest BCUT2D eigenvalue weighted by molar-refractivity contribution is 7.90. The number of hydrogen-bond acceptors (Lipinski definition) is 4. The third-order valence-corrected chi connectivity index (χ3v) is 6.53. The standard InChI is InChI=1S/C20H22N3O2S/c1-2-3-5-8-17-13-16-14-19(15-11-12-15)23(20(16)22-21-17)26(24,25)18-9-6-4-7-10-18/h4,6-7,9-10,13-15H,1-3,5,8,11-12H2. The van der Waals surface area contributed by atoms with Gasteiger partial charge in [0.25, 0.3) is 10.0 Å². The number of aromatic nitrogens is 3. The topological polar surface area (TPSA) is 64.8 Å². The summed E-state index contributed by atoms with van der Waals surface area (Å²) in [5.74, 6) is 0.289. The molecular weight excluding hydrogens is 346 g/mol. The van der Waals surface area contributed by atoms with Crippen molar-refractivity contribution in [3.63, 3.8) is 0 Å². The molecule has 1 aliphatic carbocycles. The number of unbranched alkanes of at least 4 members (excludes halogenated alkanes) is 2. The van der Waals surface area contributed by atoms with Gasteiger partial charge in [0.15, 0.2) is 5.65 Å². The van der Waals surface area contributed by atoms with Crippen LogP contribution in [0.5, 0.6) is 0 Å². The molecule has 26 heavy (non-hydrogen) atoms. The van der Waals surface area contributed by atoms with E-state index in [1.54, 1.807) is 24.3 Å². The van der Waals surface area contributed by atoms with Gasteiger partial charge in [-0.1, -0.05) is 38.0 Å². The Morgan fingerprint density at radius 1 is 1.08 bits per heavy atom. The van der Waals surface area contributed by atoms with Crippen LogP contribution in [0.25, 0.3) is 11.0 Å². The van der Waals surface area contributed by atoms with Crippen molar-refractivity contribution in [1.82, 2.24) is 14.2 Å². The number of hydrogen-bond donors (Lipinski definition) is 0. The fourth-order valence-corrected chi connectivity index (χ4v) is 4.83. The van der Waals surface area contributed by atoms with Gasteiger partial charge in [0.1, 0.15) is 0 Å². The lowest BCUT2D eigenvalue weighted by Gasteiger charge is -2.10. The summed E-state index contributed by atoms with van der Waals surface area (Å²) in [6.45, 7) is 3.86. The Morgan fingerprint density at radius 3 is 2.54 bits per heavy atom. The minimum atomic E-state index is -3.69. The molecule has 2 aromatic heterocycles. The molecule has 1 radical (unpaired) electrons. The van der Waals surface area contributed by atoms with Crippen LogP contribution in [0.15, 0.2) is 47.4 Å². The van der Waals surface area contributed by atoms with Gasteiger partial charge >= 0.3 is 0 Å². The average Bonchev–Trinajstić information content (AvgIpc) is 3.42. The molecule has 3 aromatic rings. The van der Waals surface area contributed by atoms with Gasteiger partial charge in [-0.15, -0.1) is 5.10 Å². The second-order valence-corrected chi connectivity index (χ2v) is 8.64. The molecule has 0 bridgehead atoms. The van der Waals surface area contributed by atoms with E-state index < -0.39 is 10.0 Å². The maximum absolute atomic E-state index is 13.2. The predicted octanol–water partition coefficient (Wildman–Crippen LogP) is 4.09. The van der Waals surface area contributed by atoms with Gasteiger partial charge < -0.3 is 0 Å². The minimum absolute atomic E-state index is 0.278. The SMILES string of the molecule is [CH2]CCCCc1cc2cc(C3CC3)n(S(=O)(=O)c3ccccc3)c2nn1. The van der Waals surface area contributed by atoms with Crippen LogP contribution in [0.3, 0.4) is 0 Å². The fraction of sp³-hybridized carbons (Fsp3) is 0.350. The maximum atomic E-state index is 13.2. The monoisotopic (exact) mass is 368 g/mol. The largest absolute Gasteiger partial charge is 0.269 e. The van der Waals surface area contributed by atoms with E-state index in [0.29, 0.717) is 5.65 Å². The lowest BCUT2D eigenvalue weighted by molar-refractivity contribution is 0.586. The number of fused-ring (bicyclic) bond motifs is 1. The number of nitrogens with zero attached hydrogens (tertiary/aromatic N) is 3. The molecule has 1 aromatic carbocycles. The first-order valence-corrected chi connectivity index (χ1v) is 10.5. The van der Waals surface area contributed by atoms with E-state index in [9.17, 15) is 8.42 Å². The zero-order valence-electron chi connectivity index (χ0n) is 14.6. The molecular formula is C20H22N3O2S. The van der Waals surface area contributed by atoms with Gasteiger partial charge in [-0.05, 0) is 49.9 Å². The molecule has 135 valence electrons. The molecule has 0 unspecified atom stereocenters. The van der Waals surface area contributed by atoms with Gasteiger partial charge in [0.2, 0.25) is 0 Å². The van der Waals surface area contributed by atoms with Gasteiger partial charge in [0.05, 0.1) is 10.6 Å². The summed E-state index contributed by atoms with van der Waals surface area (Å²) in [7, 11) is -3.69. The van der Waals surface area contributed by atoms with Crippen molar-refractivity contribution in [2.75, 3.05) is 0 Å². The molecule has 0 spiro atoms. The first-order valence-electron chi connectivity index (χ1n) is 9.09. The van der Waals surface area contributed by atoms with Crippen LogP contribution in [0.1, 0.15) is 49.4 Å². The first-order chi connectivity index (χ1) is 12.6. The second-order valence-electron chi connectivity index (χ2n) is 6.85. The highest BCUT2D eigenvalue weighted by Crippen LogP contribution is 2.43. The van der Waals surface area contributed by atoms with Crippen molar-refractivity contribution in [3.8, 4) is 0 Å².